The number of hydrogen-bond acceptors (Lipinski definition) is 2. The topological polar surface area (TPSA) is 23.5 Å². The van der Waals surface area contributed by atoms with Crippen molar-refractivity contribution in [2.75, 3.05) is 14.1 Å². The van der Waals surface area contributed by atoms with E-state index in [4.69, 9.17) is 0 Å². The summed E-state index contributed by atoms with van der Waals surface area (Å²) in [4.78, 5) is 2.09. The van der Waals surface area contributed by atoms with Crippen LogP contribution >= 0.6 is 0 Å². The van der Waals surface area contributed by atoms with Crippen LogP contribution in [0.15, 0.2) is 18.2 Å². The van der Waals surface area contributed by atoms with Crippen LogP contribution in [0.25, 0.3) is 0 Å². The van der Waals surface area contributed by atoms with Crippen molar-refractivity contribution >= 4 is 0 Å². The van der Waals surface area contributed by atoms with Crippen molar-refractivity contribution in [2.45, 2.75) is 51.2 Å². The van der Waals surface area contributed by atoms with Gasteiger partial charge in [0.2, 0.25) is 0 Å². The van der Waals surface area contributed by atoms with Crippen LogP contribution < -0.4 is 0 Å². The van der Waals surface area contributed by atoms with Crippen LogP contribution in [-0.4, -0.2) is 35.7 Å². The number of aliphatic hydroxyl groups is 1. The summed E-state index contributed by atoms with van der Waals surface area (Å²) in [6.07, 6.45) is 4.10. The maximum absolute atomic E-state index is 10.4. The average molecular weight is 247 g/mol. The van der Waals surface area contributed by atoms with Crippen molar-refractivity contribution in [3.63, 3.8) is 0 Å². The van der Waals surface area contributed by atoms with Crippen LogP contribution in [0, 0.1) is 0 Å². The van der Waals surface area contributed by atoms with Crippen molar-refractivity contribution in [1.82, 2.24) is 4.90 Å². The monoisotopic (exact) mass is 247 g/mol. The summed E-state index contributed by atoms with van der Waals surface area (Å²) >= 11 is 0. The summed E-state index contributed by atoms with van der Waals surface area (Å²) in [5.74, 6) is 0. The quantitative estimate of drug-likeness (QED) is 0.883. The molecule has 0 amide bonds. The number of likely N-dealkylation sites (N-methyl/N-ethyl adjacent to an activating group) is 1. The summed E-state index contributed by atoms with van der Waals surface area (Å²) in [5, 5.41) is 10.4. The molecule has 1 aliphatic carbocycles. The zero-order valence-corrected chi connectivity index (χ0v) is 12.0. The molecule has 2 rings (SSSR count). The highest BCUT2D eigenvalue weighted by Gasteiger charge is 2.30. The molecule has 1 aliphatic rings. The molecule has 0 radical (unpaired) electrons. The van der Waals surface area contributed by atoms with Gasteiger partial charge in [0, 0.05) is 12.0 Å². The van der Waals surface area contributed by atoms with Gasteiger partial charge in [-0.1, -0.05) is 18.2 Å². The molecule has 0 fully saturated rings. The lowest BCUT2D eigenvalue weighted by atomic mass is 9.90. The average Bonchev–Trinajstić information content (AvgIpc) is 2.75. The summed E-state index contributed by atoms with van der Waals surface area (Å²) < 4.78 is 0. The third-order valence-corrected chi connectivity index (χ3v) is 4.56. The van der Waals surface area contributed by atoms with Crippen molar-refractivity contribution in [2.24, 2.45) is 0 Å². The number of aryl methyl sites for hydroxylation is 2. The molecule has 1 atom stereocenters. The third-order valence-electron chi connectivity index (χ3n) is 4.56. The van der Waals surface area contributed by atoms with Crippen LogP contribution in [0.5, 0.6) is 0 Å². The minimum atomic E-state index is -0.341. The zero-order chi connectivity index (χ0) is 13.3. The Kier molecular flexibility index (Phi) is 3.79. The molecule has 1 N–H and O–H groups in total. The van der Waals surface area contributed by atoms with Crippen LogP contribution in [0.1, 0.15) is 37.0 Å². The Labute approximate surface area is 111 Å². The summed E-state index contributed by atoms with van der Waals surface area (Å²) in [5.41, 5.74) is 4.06. The molecule has 0 spiro atoms. The van der Waals surface area contributed by atoms with Crippen LogP contribution in [0.4, 0.5) is 0 Å². The van der Waals surface area contributed by atoms with E-state index in [2.05, 4.69) is 36.9 Å². The normalized spacial score (nSPS) is 17.0. The van der Waals surface area contributed by atoms with Crippen LogP contribution in [0.3, 0.4) is 0 Å². The molecule has 0 heterocycles. The van der Waals surface area contributed by atoms with Gasteiger partial charge in [0.05, 0.1) is 6.10 Å². The van der Waals surface area contributed by atoms with Gasteiger partial charge in [-0.2, -0.15) is 0 Å². The fourth-order valence-corrected chi connectivity index (χ4v) is 2.52. The van der Waals surface area contributed by atoms with Gasteiger partial charge in [0.25, 0.3) is 0 Å². The van der Waals surface area contributed by atoms with E-state index >= 15 is 0 Å². The van der Waals surface area contributed by atoms with Gasteiger partial charge in [-0.25, -0.2) is 0 Å². The number of nitrogens with zero attached hydrogens (tertiary/aromatic N) is 1. The van der Waals surface area contributed by atoms with Gasteiger partial charge in [-0.15, -0.1) is 0 Å². The van der Waals surface area contributed by atoms with E-state index in [0.29, 0.717) is 0 Å². The van der Waals surface area contributed by atoms with Gasteiger partial charge in [-0.3, -0.25) is 0 Å². The second-order valence-electron chi connectivity index (χ2n) is 6.22. The van der Waals surface area contributed by atoms with Crippen molar-refractivity contribution < 1.29 is 5.11 Å². The molecule has 0 saturated carbocycles. The van der Waals surface area contributed by atoms with Crippen LogP contribution in [0.2, 0.25) is 0 Å². The molecule has 1 aromatic carbocycles. The minimum absolute atomic E-state index is 0.195. The zero-order valence-electron chi connectivity index (χ0n) is 12.0. The highest BCUT2D eigenvalue weighted by Crippen LogP contribution is 2.25. The molecule has 0 bridgehead atoms. The highest BCUT2D eigenvalue weighted by atomic mass is 16.3. The number of hydrogen-bond donors (Lipinski definition) is 1. The predicted octanol–water partition coefficient (Wildman–Crippen LogP) is 2.42. The number of rotatable bonds is 4. The lowest BCUT2D eigenvalue weighted by Crippen LogP contribution is -2.49. The SMILES string of the molecule is CN(C)C(C)(C)C(O)Cc1ccc2c(c1)CCC2. The Bertz CT molecular complexity index is 423. The Morgan fingerprint density at radius 3 is 2.56 bits per heavy atom. The largest absolute Gasteiger partial charge is 0.391 e. The lowest BCUT2D eigenvalue weighted by Gasteiger charge is -2.37. The number of aliphatic hydroxyl groups excluding tert-OH is 1. The minimum Gasteiger partial charge on any atom is -0.391 e. The number of fused-ring (bicyclic) bond motifs is 1. The molecule has 1 aromatic rings. The molecule has 2 heteroatoms. The fraction of sp³-hybridized carbons (Fsp3) is 0.625. The van der Waals surface area contributed by atoms with Gasteiger partial charge in [0.15, 0.2) is 0 Å². The molecule has 100 valence electrons. The van der Waals surface area contributed by atoms with Crippen molar-refractivity contribution in [1.29, 1.82) is 0 Å². The van der Waals surface area contributed by atoms with Gasteiger partial charge in [0.1, 0.15) is 0 Å². The van der Waals surface area contributed by atoms with Crippen molar-refractivity contribution in [3.8, 4) is 0 Å². The Hall–Kier alpha value is -0.860. The first-order valence-corrected chi connectivity index (χ1v) is 6.87. The Morgan fingerprint density at radius 1 is 1.22 bits per heavy atom. The van der Waals surface area contributed by atoms with Crippen molar-refractivity contribution in [3.05, 3.63) is 34.9 Å². The van der Waals surface area contributed by atoms with E-state index in [1.165, 1.54) is 36.0 Å². The maximum atomic E-state index is 10.4. The first kappa shape index (κ1) is 13.6. The smallest absolute Gasteiger partial charge is 0.0758 e. The van der Waals surface area contributed by atoms with Gasteiger partial charge >= 0.3 is 0 Å². The van der Waals surface area contributed by atoms with Gasteiger partial charge < -0.3 is 10.0 Å². The Balaban J connectivity index is 2.10. The molecular formula is C16H25NO. The number of benzene rings is 1. The molecule has 2 nitrogen and oxygen atoms in total. The van der Waals surface area contributed by atoms with E-state index in [9.17, 15) is 5.11 Å². The van der Waals surface area contributed by atoms with E-state index in [1.807, 2.05) is 14.1 Å². The predicted molar refractivity (Wildman–Crippen MR) is 75.9 cm³/mol. The molecule has 0 aromatic heterocycles. The first-order valence-electron chi connectivity index (χ1n) is 6.87. The van der Waals surface area contributed by atoms with E-state index in [1.54, 1.807) is 0 Å². The summed E-state index contributed by atoms with van der Waals surface area (Å²) in [6, 6.07) is 6.71. The second kappa shape index (κ2) is 5.02. The van der Waals surface area contributed by atoms with E-state index in [0.717, 1.165) is 6.42 Å². The standard InChI is InChI=1S/C16H25NO/c1-16(2,17(3)4)15(18)11-12-8-9-13-6-5-7-14(13)10-12/h8-10,15,18H,5-7,11H2,1-4H3. The van der Waals surface area contributed by atoms with Gasteiger partial charge in [-0.05, 0) is 63.9 Å². The van der Waals surface area contributed by atoms with Crippen LogP contribution in [-0.2, 0) is 19.3 Å². The van der Waals surface area contributed by atoms with E-state index < -0.39 is 0 Å². The molecule has 1 unspecified atom stereocenters. The molecule has 0 aliphatic heterocycles. The molecular weight excluding hydrogens is 222 g/mol. The van der Waals surface area contributed by atoms with E-state index in [-0.39, 0.29) is 11.6 Å². The molecule has 18 heavy (non-hydrogen) atoms. The highest BCUT2D eigenvalue weighted by molar-refractivity contribution is 5.35. The first-order chi connectivity index (χ1) is 8.41. The maximum Gasteiger partial charge on any atom is 0.0758 e. The summed E-state index contributed by atoms with van der Waals surface area (Å²) in [7, 11) is 4.04. The fourth-order valence-electron chi connectivity index (χ4n) is 2.52. The lowest BCUT2D eigenvalue weighted by molar-refractivity contribution is 0.0182. The molecule has 0 saturated heterocycles. The Morgan fingerprint density at radius 2 is 1.89 bits per heavy atom. The second-order valence-corrected chi connectivity index (χ2v) is 6.22. The summed E-state index contributed by atoms with van der Waals surface area (Å²) in [6.45, 7) is 4.18. The third kappa shape index (κ3) is 2.60.